The van der Waals surface area contributed by atoms with E-state index < -0.39 is 0 Å². The molecule has 1 N–H and O–H groups in total. The number of hydrogen-bond acceptors (Lipinski definition) is 2. The van der Waals surface area contributed by atoms with Crippen molar-refractivity contribution in [2.24, 2.45) is 5.92 Å². The lowest BCUT2D eigenvalue weighted by molar-refractivity contribution is -0.00384. The van der Waals surface area contributed by atoms with Crippen molar-refractivity contribution < 1.29 is 9.84 Å². The van der Waals surface area contributed by atoms with Crippen LogP contribution in [0.25, 0.3) is 0 Å². The summed E-state index contributed by atoms with van der Waals surface area (Å²) in [6.45, 7) is 14.0. The van der Waals surface area contributed by atoms with Crippen LogP contribution in [-0.2, 0) is 4.74 Å². The van der Waals surface area contributed by atoms with E-state index in [9.17, 15) is 0 Å². The molecule has 124 valence electrons. The second kappa shape index (κ2) is 11.0. The Morgan fingerprint density at radius 2 is 1.81 bits per heavy atom. The van der Waals surface area contributed by atoms with Gasteiger partial charge in [0.1, 0.15) is 0 Å². The Kier molecular flexibility index (Phi) is 10.7. The molecule has 2 heteroatoms. The molecular weight excluding hydrogens is 260 g/mol. The molecule has 0 aromatic carbocycles. The molecule has 0 aliphatic rings. The molecule has 1 atom stereocenters. The molecule has 0 spiro atoms. The standard InChI is InChI=1S/C19H36O2/c1-16(11-8-14-21-19(4,5)6)9-7-10-17(2)15-18(3)12-13-20/h9,15,18,20H,7-8,10-14H2,1-6H3/b16-9+,17-15+. The lowest BCUT2D eigenvalue weighted by Crippen LogP contribution is -2.19. The van der Waals surface area contributed by atoms with Gasteiger partial charge in [-0.2, -0.15) is 0 Å². The molecule has 21 heavy (non-hydrogen) atoms. The van der Waals surface area contributed by atoms with Crippen LogP contribution in [0.3, 0.4) is 0 Å². The van der Waals surface area contributed by atoms with Gasteiger partial charge in [0.2, 0.25) is 0 Å². The Bertz CT molecular complexity index is 321. The van der Waals surface area contributed by atoms with Crippen LogP contribution < -0.4 is 0 Å². The highest BCUT2D eigenvalue weighted by Crippen LogP contribution is 2.14. The smallest absolute Gasteiger partial charge is 0.0598 e. The minimum absolute atomic E-state index is 0.0230. The summed E-state index contributed by atoms with van der Waals surface area (Å²) in [5.74, 6) is 0.481. The van der Waals surface area contributed by atoms with Crippen LogP contribution in [-0.4, -0.2) is 23.9 Å². The third-order valence-electron chi connectivity index (χ3n) is 3.44. The Labute approximate surface area is 132 Å². The van der Waals surface area contributed by atoms with Crippen molar-refractivity contribution in [3.8, 4) is 0 Å². The van der Waals surface area contributed by atoms with E-state index in [1.165, 1.54) is 11.1 Å². The van der Waals surface area contributed by atoms with Crippen molar-refractivity contribution in [1.29, 1.82) is 0 Å². The zero-order valence-corrected chi connectivity index (χ0v) is 15.0. The molecule has 0 heterocycles. The summed E-state index contributed by atoms with van der Waals surface area (Å²) in [6.07, 6.45) is 9.95. The molecule has 0 rings (SSSR count). The van der Waals surface area contributed by atoms with Gasteiger partial charge in [0.05, 0.1) is 5.60 Å². The normalized spacial score (nSPS) is 15.4. The van der Waals surface area contributed by atoms with Gasteiger partial charge >= 0.3 is 0 Å². The highest BCUT2D eigenvalue weighted by molar-refractivity contribution is 5.04. The molecule has 0 bridgehead atoms. The van der Waals surface area contributed by atoms with Crippen LogP contribution >= 0.6 is 0 Å². The predicted molar refractivity (Wildman–Crippen MR) is 92.6 cm³/mol. The maximum absolute atomic E-state index is 8.90. The summed E-state index contributed by atoms with van der Waals surface area (Å²) in [5, 5.41) is 8.90. The zero-order chi connectivity index (χ0) is 16.3. The molecule has 0 aromatic rings. The minimum atomic E-state index is -0.0230. The van der Waals surface area contributed by atoms with Crippen molar-refractivity contribution in [1.82, 2.24) is 0 Å². The van der Waals surface area contributed by atoms with E-state index in [2.05, 4.69) is 53.7 Å². The molecule has 0 amide bonds. The molecule has 2 nitrogen and oxygen atoms in total. The zero-order valence-electron chi connectivity index (χ0n) is 15.0. The molecule has 0 saturated heterocycles. The van der Waals surface area contributed by atoms with Crippen molar-refractivity contribution in [3.63, 3.8) is 0 Å². The fraction of sp³-hybridized carbons (Fsp3) is 0.789. The van der Waals surface area contributed by atoms with Crippen molar-refractivity contribution in [2.45, 2.75) is 79.2 Å². The van der Waals surface area contributed by atoms with E-state index in [0.717, 1.165) is 38.7 Å². The van der Waals surface area contributed by atoms with E-state index in [0.29, 0.717) is 5.92 Å². The maximum atomic E-state index is 8.90. The first kappa shape index (κ1) is 20.4. The van der Waals surface area contributed by atoms with Crippen LogP contribution in [0.15, 0.2) is 23.3 Å². The lowest BCUT2D eigenvalue weighted by Gasteiger charge is -2.19. The first-order valence-electron chi connectivity index (χ1n) is 8.32. The van der Waals surface area contributed by atoms with E-state index in [4.69, 9.17) is 9.84 Å². The van der Waals surface area contributed by atoms with Gasteiger partial charge in [-0.05, 0) is 72.6 Å². The van der Waals surface area contributed by atoms with Crippen LogP contribution in [0.5, 0.6) is 0 Å². The Hall–Kier alpha value is -0.600. The third-order valence-corrected chi connectivity index (χ3v) is 3.44. The summed E-state index contributed by atoms with van der Waals surface area (Å²) in [7, 11) is 0. The van der Waals surface area contributed by atoms with Crippen LogP contribution in [0.4, 0.5) is 0 Å². The van der Waals surface area contributed by atoms with Crippen molar-refractivity contribution in [2.75, 3.05) is 13.2 Å². The van der Waals surface area contributed by atoms with Crippen LogP contribution in [0.2, 0.25) is 0 Å². The van der Waals surface area contributed by atoms with Gasteiger partial charge in [-0.1, -0.05) is 30.2 Å². The molecule has 0 aliphatic heterocycles. The summed E-state index contributed by atoms with van der Waals surface area (Å²) < 4.78 is 5.73. The minimum Gasteiger partial charge on any atom is -0.396 e. The average Bonchev–Trinajstić information content (AvgIpc) is 2.33. The third kappa shape index (κ3) is 14.1. The van der Waals surface area contributed by atoms with Crippen LogP contribution in [0.1, 0.15) is 73.6 Å². The Morgan fingerprint density at radius 1 is 1.14 bits per heavy atom. The number of ether oxygens (including phenoxy) is 1. The Balaban J connectivity index is 3.86. The predicted octanol–water partition coefficient (Wildman–Crippen LogP) is 5.27. The van der Waals surface area contributed by atoms with E-state index in [1.807, 2.05) is 0 Å². The molecule has 0 fully saturated rings. The number of aliphatic hydroxyl groups excluding tert-OH is 1. The number of allylic oxidation sites excluding steroid dienone is 4. The van der Waals surface area contributed by atoms with Gasteiger partial charge in [0, 0.05) is 13.2 Å². The number of aliphatic hydroxyl groups is 1. The number of hydrogen-bond donors (Lipinski definition) is 1. The van der Waals surface area contributed by atoms with Gasteiger partial charge < -0.3 is 9.84 Å². The Morgan fingerprint density at radius 3 is 2.38 bits per heavy atom. The molecule has 1 unspecified atom stereocenters. The average molecular weight is 296 g/mol. The first-order valence-corrected chi connectivity index (χ1v) is 8.32. The van der Waals surface area contributed by atoms with E-state index >= 15 is 0 Å². The first-order chi connectivity index (χ1) is 9.74. The molecule has 0 aromatic heterocycles. The van der Waals surface area contributed by atoms with Gasteiger partial charge in [-0.3, -0.25) is 0 Å². The summed E-state index contributed by atoms with van der Waals surface area (Å²) in [6, 6.07) is 0. The summed E-state index contributed by atoms with van der Waals surface area (Å²) >= 11 is 0. The second-order valence-electron chi connectivity index (χ2n) is 7.16. The highest BCUT2D eigenvalue weighted by atomic mass is 16.5. The topological polar surface area (TPSA) is 29.5 Å². The fourth-order valence-corrected chi connectivity index (χ4v) is 2.23. The van der Waals surface area contributed by atoms with Crippen molar-refractivity contribution in [3.05, 3.63) is 23.3 Å². The number of rotatable bonds is 10. The second-order valence-corrected chi connectivity index (χ2v) is 7.16. The van der Waals surface area contributed by atoms with E-state index in [-0.39, 0.29) is 12.2 Å². The van der Waals surface area contributed by atoms with Crippen LogP contribution in [0, 0.1) is 5.92 Å². The van der Waals surface area contributed by atoms with Gasteiger partial charge in [0.25, 0.3) is 0 Å². The molecule has 0 aliphatic carbocycles. The monoisotopic (exact) mass is 296 g/mol. The molecule has 0 saturated carbocycles. The quantitative estimate of drug-likeness (QED) is 0.439. The SMILES string of the molecule is C/C(=C\C(C)CCO)CC/C=C(\C)CCCOC(C)(C)C. The lowest BCUT2D eigenvalue weighted by atomic mass is 10.0. The molecular formula is C19H36O2. The fourth-order valence-electron chi connectivity index (χ4n) is 2.23. The largest absolute Gasteiger partial charge is 0.396 e. The maximum Gasteiger partial charge on any atom is 0.0598 e. The highest BCUT2D eigenvalue weighted by Gasteiger charge is 2.08. The summed E-state index contributed by atoms with van der Waals surface area (Å²) in [4.78, 5) is 0. The summed E-state index contributed by atoms with van der Waals surface area (Å²) in [5.41, 5.74) is 2.87. The van der Waals surface area contributed by atoms with Crippen molar-refractivity contribution >= 4 is 0 Å². The van der Waals surface area contributed by atoms with Gasteiger partial charge in [-0.25, -0.2) is 0 Å². The van der Waals surface area contributed by atoms with Gasteiger partial charge in [0.15, 0.2) is 0 Å². The van der Waals surface area contributed by atoms with Gasteiger partial charge in [-0.15, -0.1) is 0 Å². The van der Waals surface area contributed by atoms with E-state index in [1.54, 1.807) is 0 Å². The molecule has 0 radical (unpaired) electrons.